The molecule has 0 radical (unpaired) electrons. The third-order valence-electron chi connectivity index (χ3n) is 2.81. The minimum atomic E-state index is -0.979. The number of aromatic carboxylic acids is 1. The zero-order chi connectivity index (χ0) is 13.8. The van der Waals surface area contributed by atoms with Gasteiger partial charge < -0.3 is 9.84 Å². The van der Waals surface area contributed by atoms with Crippen LogP contribution in [0.1, 0.15) is 21.5 Å². The summed E-state index contributed by atoms with van der Waals surface area (Å²) in [5.41, 5.74) is 1.92. The molecule has 0 aliphatic rings. The molecule has 0 saturated carbocycles. The van der Waals surface area contributed by atoms with Gasteiger partial charge in [0.05, 0.1) is 5.56 Å². The highest BCUT2D eigenvalue weighted by atomic mass is 19.1. The van der Waals surface area contributed by atoms with Gasteiger partial charge in [-0.15, -0.1) is 0 Å². The lowest BCUT2D eigenvalue weighted by molar-refractivity contribution is 0.0697. The number of aryl methyl sites for hydroxylation is 1. The third kappa shape index (κ3) is 3.31. The Balaban J connectivity index is 2.06. The van der Waals surface area contributed by atoms with Crippen molar-refractivity contribution >= 4 is 5.97 Å². The molecule has 98 valence electrons. The first-order valence-electron chi connectivity index (χ1n) is 5.77. The number of carboxylic acid groups (broad SMARTS) is 1. The first-order chi connectivity index (χ1) is 9.06. The van der Waals surface area contributed by atoms with Gasteiger partial charge in [-0.25, -0.2) is 9.18 Å². The second-order valence-corrected chi connectivity index (χ2v) is 4.19. The largest absolute Gasteiger partial charge is 0.489 e. The van der Waals surface area contributed by atoms with Crippen LogP contribution in [-0.4, -0.2) is 11.1 Å². The molecule has 0 unspecified atom stereocenters. The lowest BCUT2D eigenvalue weighted by Gasteiger charge is -2.09. The van der Waals surface area contributed by atoms with Crippen LogP contribution in [0.15, 0.2) is 42.5 Å². The molecule has 2 rings (SSSR count). The molecule has 0 aliphatic carbocycles. The number of carboxylic acids is 1. The summed E-state index contributed by atoms with van der Waals surface area (Å²) >= 11 is 0. The quantitative estimate of drug-likeness (QED) is 0.916. The van der Waals surface area contributed by atoms with Gasteiger partial charge in [0.1, 0.15) is 18.2 Å². The fraction of sp³-hybridized carbons (Fsp3) is 0.133. The average Bonchev–Trinajstić information content (AvgIpc) is 2.40. The summed E-state index contributed by atoms with van der Waals surface area (Å²) in [6, 6.07) is 10.6. The average molecular weight is 260 g/mol. The van der Waals surface area contributed by atoms with Crippen molar-refractivity contribution in [3.63, 3.8) is 0 Å². The zero-order valence-electron chi connectivity index (χ0n) is 10.4. The number of carbonyl (C=O) groups is 1. The van der Waals surface area contributed by atoms with Gasteiger partial charge in [-0.1, -0.05) is 6.07 Å². The molecular formula is C15H13FO3. The van der Waals surface area contributed by atoms with Crippen LogP contribution in [0.3, 0.4) is 0 Å². The summed E-state index contributed by atoms with van der Waals surface area (Å²) in [7, 11) is 0. The number of ether oxygens (including phenoxy) is 1. The van der Waals surface area contributed by atoms with E-state index in [9.17, 15) is 9.18 Å². The second-order valence-electron chi connectivity index (χ2n) is 4.19. The monoisotopic (exact) mass is 260 g/mol. The van der Waals surface area contributed by atoms with E-state index in [0.717, 1.165) is 11.1 Å². The first-order valence-corrected chi connectivity index (χ1v) is 5.77. The van der Waals surface area contributed by atoms with Crippen molar-refractivity contribution < 1.29 is 19.0 Å². The molecule has 0 heterocycles. The third-order valence-corrected chi connectivity index (χ3v) is 2.81. The molecular weight excluding hydrogens is 247 g/mol. The first kappa shape index (κ1) is 13.1. The van der Waals surface area contributed by atoms with E-state index in [4.69, 9.17) is 9.84 Å². The molecule has 0 spiro atoms. The van der Waals surface area contributed by atoms with Crippen LogP contribution < -0.4 is 4.74 Å². The Hall–Kier alpha value is -2.36. The van der Waals surface area contributed by atoms with E-state index in [1.807, 2.05) is 6.92 Å². The highest BCUT2D eigenvalue weighted by Gasteiger charge is 2.04. The molecule has 1 N–H and O–H groups in total. The van der Waals surface area contributed by atoms with Gasteiger partial charge in [-0.05, 0) is 54.4 Å². The second kappa shape index (κ2) is 5.52. The van der Waals surface area contributed by atoms with Gasteiger partial charge in [0.25, 0.3) is 0 Å². The van der Waals surface area contributed by atoms with Crippen molar-refractivity contribution in [2.75, 3.05) is 0 Å². The van der Waals surface area contributed by atoms with Crippen LogP contribution >= 0.6 is 0 Å². The van der Waals surface area contributed by atoms with E-state index in [1.165, 1.54) is 24.3 Å². The number of hydrogen-bond donors (Lipinski definition) is 1. The van der Waals surface area contributed by atoms with Crippen LogP contribution in [0.5, 0.6) is 5.75 Å². The lowest BCUT2D eigenvalue weighted by atomic mass is 10.1. The smallest absolute Gasteiger partial charge is 0.335 e. The number of halogens is 1. The van der Waals surface area contributed by atoms with E-state index < -0.39 is 5.97 Å². The Morgan fingerprint density at radius 1 is 1.21 bits per heavy atom. The van der Waals surface area contributed by atoms with Crippen LogP contribution in [-0.2, 0) is 6.61 Å². The maximum atomic E-state index is 13.1. The predicted octanol–water partition coefficient (Wildman–Crippen LogP) is 3.41. The van der Waals surface area contributed by atoms with Crippen LogP contribution in [0.4, 0.5) is 4.39 Å². The van der Waals surface area contributed by atoms with Crippen LogP contribution in [0.25, 0.3) is 0 Å². The summed E-state index contributed by atoms with van der Waals surface area (Å²) in [5, 5.41) is 8.77. The van der Waals surface area contributed by atoms with E-state index in [1.54, 1.807) is 18.2 Å². The predicted molar refractivity (Wildman–Crippen MR) is 68.9 cm³/mol. The van der Waals surface area contributed by atoms with Crippen molar-refractivity contribution in [2.24, 2.45) is 0 Å². The van der Waals surface area contributed by atoms with E-state index in [2.05, 4.69) is 0 Å². The normalized spacial score (nSPS) is 10.2. The summed E-state index contributed by atoms with van der Waals surface area (Å²) in [5.74, 6) is -0.730. The van der Waals surface area contributed by atoms with Crippen molar-refractivity contribution in [3.8, 4) is 5.75 Å². The number of hydrogen-bond acceptors (Lipinski definition) is 2. The van der Waals surface area contributed by atoms with Gasteiger partial charge in [0.15, 0.2) is 0 Å². The fourth-order valence-corrected chi connectivity index (χ4v) is 1.65. The highest BCUT2D eigenvalue weighted by molar-refractivity contribution is 5.87. The summed E-state index contributed by atoms with van der Waals surface area (Å²) in [6.07, 6.45) is 0. The van der Waals surface area contributed by atoms with Gasteiger partial charge in [0.2, 0.25) is 0 Å². The molecule has 0 aromatic heterocycles. The van der Waals surface area contributed by atoms with Gasteiger partial charge in [0, 0.05) is 0 Å². The molecule has 3 nitrogen and oxygen atoms in total. The molecule has 2 aromatic rings. The molecule has 0 amide bonds. The van der Waals surface area contributed by atoms with Crippen molar-refractivity contribution in [3.05, 3.63) is 65.0 Å². The maximum Gasteiger partial charge on any atom is 0.335 e. The standard InChI is InChI=1S/C15H13FO3/c1-10-2-5-13(16)8-12(10)9-19-14-6-3-11(4-7-14)15(17)18/h2-8H,9H2,1H3,(H,17,18). The van der Waals surface area contributed by atoms with E-state index >= 15 is 0 Å². The summed E-state index contributed by atoms with van der Waals surface area (Å²) in [4.78, 5) is 10.7. The van der Waals surface area contributed by atoms with Crippen molar-refractivity contribution in [1.82, 2.24) is 0 Å². The molecule has 19 heavy (non-hydrogen) atoms. The SMILES string of the molecule is Cc1ccc(F)cc1COc1ccc(C(=O)O)cc1. The van der Waals surface area contributed by atoms with Crippen LogP contribution in [0, 0.1) is 12.7 Å². The minimum absolute atomic E-state index is 0.203. The topological polar surface area (TPSA) is 46.5 Å². The molecule has 0 fully saturated rings. The van der Waals surface area contributed by atoms with Gasteiger partial charge in [-0.3, -0.25) is 0 Å². The van der Waals surface area contributed by atoms with Crippen LogP contribution in [0.2, 0.25) is 0 Å². The number of rotatable bonds is 4. The van der Waals surface area contributed by atoms with E-state index in [0.29, 0.717) is 5.75 Å². The Labute approximate surface area is 110 Å². The molecule has 0 bridgehead atoms. The Morgan fingerprint density at radius 2 is 1.89 bits per heavy atom. The van der Waals surface area contributed by atoms with Gasteiger partial charge >= 0.3 is 5.97 Å². The summed E-state index contributed by atoms with van der Waals surface area (Å²) < 4.78 is 18.6. The fourth-order valence-electron chi connectivity index (χ4n) is 1.65. The lowest BCUT2D eigenvalue weighted by Crippen LogP contribution is -2.00. The molecule has 0 atom stereocenters. The number of benzene rings is 2. The molecule has 0 aliphatic heterocycles. The minimum Gasteiger partial charge on any atom is -0.489 e. The Kier molecular flexibility index (Phi) is 3.80. The highest BCUT2D eigenvalue weighted by Crippen LogP contribution is 2.16. The summed E-state index contributed by atoms with van der Waals surface area (Å²) in [6.45, 7) is 2.13. The zero-order valence-corrected chi connectivity index (χ0v) is 10.4. The van der Waals surface area contributed by atoms with E-state index in [-0.39, 0.29) is 18.0 Å². The van der Waals surface area contributed by atoms with Crippen molar-refractivity contribution in [1.29, 1.82) is 0 Å². The van der Waals surface area contributed by atoms with Crippen molar-refractivity contribution in [2.45, 2.75) is 13.5 Å². The van der Waals surface area contributed by atoms with Gasteiger partial charge in [-0.2, -0.15) is 0 Å². The molecule has 2 aromatic carbocycles. The maximum absolute atomic E-state index is 13.1. The Bertz CT molecular complexity index is 591. The molecule has 4 heteroatoms. The Morgan fingerprint density at radius 3 is 2.53 bits per heavy atom. The molecule has 0 saturated heterocycles.